The van der Waals surface area contributed by atoms with E-state index >= 15 is 0 Å². The monoisotopic (exact) mass is 407 g/mol. The van der Waals surface area contributed by atoms with Crippen LogP contribution >= 0.6 is 23.8 Å². The van der Waals surface area contributed by atoms with Gasteiger partial charge >= 0.3 is 0 Å². The van der Waals surface area contributed by atoms with Crippen LogP contribution in [0, 0.1) is 12.7 Å². The number of benzene rings is 1. The van der Waals surface area contributed by atoms with Gasteiger partial charge in [0.25, 0.3) is 0 Å². The molecule has 8 heteroatoms. The fraction of sp³-hybridized carbons (Fsp3) is 0.421. The van der Waals surface area contributed by atoms with Crippen LogP contribution in [0.2, 0.25) is 5.15 Å². The summed E-state index contributed by atoms with van der Waals surface area (Å²) in [5, 5.41) is 12.9. The van der Waals surface area contributed by atoms with Gasteiger partial charge in [-0.1, -0.05) is 43.0 Å². The number of nitrogens with zero attached hydrogens (tertiary/aromatic N) is 3. The minimum atomic E-state index is -0.266. The third-order valence-electron chi connectivity index (χ3n) is 4.66. The van der Waals surface area contributed by atoms with Crippen molar-refractivity contribution in [2.45, 2.75) is 51.6 Å². The number of hydrogen-bond donors (Lipinski definition) is 2. The van der Waals surface area contributed by atoms with Crippen LogP contribution in [0.25, 0.3) is 0 Å². The van der Waals surface area contributed by atoms with Crippen molar-refractivity contribution in [3.63, 3.8) is 0 Å². The second-order valence-electron chi connectivity index (χ2n) is 6.75. The van der Waals surface area contributed by atoms with E-state index in [2.05, 4.69) is 20.9 Å². The fourth-order valence-electron chi connectivity index (χ4n) is 3.20. The van der Waals surface area contributed by atoms with Crippen molar-refractivity contribution in [2.24, 2.45) is 5.10 Å². The summed E-state index contributed by atoms with van der Waals surface area (Å²) in [6.07, 6.45) is 7.70. The molecule has 0 radical (unpaired) electrons. The lowest BCUT2D eigenvalue weighted by Gasteiger charge is -2.23. The van der Waals surface area contributed by atoms with E-state index in [1.807, 2.05) is 6.92 Å². The molecule has 0 saturated heterocycles. The van der Waals surface area contributed by atoms with E-state index in [1.54, 1.807) is 23.0 Å². The Bertz CT molecular complexity index is 812. The van der Waals surface area contributed by atoms with Crippen LogP contribution < -0.4 is 10.7 Å². The largest absolute Gasteiger partial charge is 0.359 e. The molecule has 1 saturated carbocycles. The van der Waals surface area contributed by atoms with E-state index in [9.17, 15) is 4.39 Å². The second kappa shape index (κ2) is 9.28. The third-order valence-corrected chi connectivity index (χ3v) is 5.26. The van der Waals surface area contributed by atoms with Gasteiger partial charge in [-0.25, -0.2) is 9.07 Å². The number of hydrazone groups is 1. The van der Waals surface area contributed by atoms with Crippen LogP contribution in [0.15, 0.2) is 29.4 Å². The van der Waals surface area contributed by atoms with Gasteiger partial charge in [0.15, 0.2) is 5.11 Å². The van der Waals surface area contributed by atoms with Crippen molar-refractivity contribution in [3.8, 4) is 0 Å². The molecule has 27 heavy (non-hydrogen) atoms. The molecule has 0 bridgehead atoms. The highest BCUT2D eigenvalue weighted by Crippen LogP contribution is 2.19. The van der Waals surface area contributed by atoms with Crippen molar-refractivity contribution in [1.82, 2.24) is 20.5 Å². The number of aryl methyl sites for hydroxylation is 1. The molecule has 144 valence electrons. The van der Waals surface area contributed by atoms with E-state index < -0.39 is 0 Å². The smallest absolute Gasteiger partial charge is 0.187 e. The van der Waals surface area contributed by atoms with Crippen molar-refractivity contribution >= 4 is 35.1 Å². The molecular weight excluding hydrogens is 385 g/mol. The van der Waals surface area contributed by atoms with Gasteiger partial charge < -0.3 is 5.32 Å². The summed E-state index contributed by atoms with van der Waals surface area (Å²) in [6.45, 7) is 2.33. The lowest BCUT2D eigenvalue weighted by atomic mass is 9.96. The summed E-state index contributed by atoms with van der Waals surface area (Å²) >= 11 is 11.7. The normalized spacial score (nSPS) is 15.2. The molecule has 1 aliphatic rings. The Morgan fingerprint density at radius 3 is 2.74 bits per heavy atom. The molecule has 1 aromatic carbocycles. The van der Waals surface area contributed by atoms with Gasteiger partial charge in [0, 0.05) is 6.04 Å². The molecule has 2 N–H and O–H groups in total. The topological polar surface area (TPSA) is 54.2 Å². The minimum absolute atomic E-state index is 0.266. The molecule has 0 aliphatic heterocycles. The molecular formula is C19H23ClFN5S. The first-order valence-electron chi connectivity index (χ1n) is 9.10. The van der Waals surface area contributed by atoms with Crippen LogP contribution in [0.4, 0.5) is 4.39 Å². The Kier molecular flexibility index (Phi) is 6.79. The molecule has 3 rings (SSSR count). The van der Waals surface area contributed by atoms with E-state index in [4.69, 9.17) is 23.8 Å². The van der Waals surface area contributed by atoms with Crippen LogP contribution in [-0.2, 0) is 6.54 Å². The Morgan fingerprint density at radius 1 is 1.33 bits per heavy atom. The lowest BCUT2D eigenvalue weighted by Crippen LogP contribution is -2.40. The van der Waals surface area contributed by atoms with E-state index in [1.165, 1.54) is 31.4 Å². The summed E-state index contributed by atoms with van der Waals surface area (Å²) in [5.41, 5.74) is 5.26. The molecule has 0 spiro atoms. The maximum atomic E-state index is 13.0. The van der Waals surface area contributed by atoms with Gasteiger partial charge in [0.2, 0.25) is 0 Å². The first-order chi connectivity index (χ1) is 13.0. The van der Waals surface area contributed by atoms with Crippen molar-refractivity contribution in [3.05, 3.63) is 52.1 Å². The Labute approximate surface area is 169 Å². The molecule has 0 unspecified atom stereocenters. The predicted octanol–water partition coefficient (Wildman–Crippen LogP) is 4.16. The van der Waals surface area contributed by atoms with Crippen LogP contribution in [0.1, 0.15) is 48.9 Å². The predicted molar refractivity (Wildman–Crippen MR) is 111 cm³/mol. The maximum absolute atomic E-state index is 13.0. The quantitative estimate of drug-likeness (QED) is 0.444. The molecule has 0 atom stereocenters. The van der Waals surface area contributed by atoms with Gasteiger partial charge in [-0.15, -0.1) is 0 Å². The van der Waals surface area contributed by atoms with Crippen LogP contribution in [-0.4, -0.2) is 27.1 Å². The number of rotatable bonds is 5. The second-order valence-corrected chi connectivity index (χ2v) is 7.52. The van der Waals surface area contributed by atoms with E-state index in [-0.39, 0.29) is 5.82 Å². The highest BCUT2D eigenvalue weighted by atomic mass is 35.5. The highest BCUT2D eigenvalue weighted by Gasteiger charge is 2.14. The van der Waals surface area contributed by atoms with Gasteiger partial charge in [-0.2, -0.15) is 10.2 Å². The van der Waals surface area contributed by atoms with Crippen molar-refractivity contribution in [2.75, 3.05) is 0 Å². The Morgan fingerprint density at radius 2 is 2.04 bits per heavy atom. The average Bonchev–Trinajstić information content (AvgIpc) is 2.92. The Hall–Kier alpha value is -1.99. The Balaban J connectivity index is 1.59. The van der Waals surface area contributed by atoms with Gasteiger partial charge in [-0.05, 0) is 49.7 Å². The molecule has 1 aromatic heterocycles. The first kappa shape index (κ1) is 19.8. The molecule has 1 heterocycles. The zero-order chi connectivity index (χ0) is 19.2. The van der Waals surface area contributed by atoms with E-state index in [0.29, 0.717) is 22.9 Å². The number of halogens is 2. The molecule has 2 aromatic rings. The van der Waals surface area contributed by atoms with Crippen LogP contribution in [0.5, 0.6) is 0 Å². The van der Waals surface area contributed by atoms with Gasteiger partial charge in [0.05, 0.1) is 24.0 Å². The number of nitrogens with one attached hydrogen (secondary N) is 2. The SMILES string of the molecule is Cc1nn(Cc2ccc(F)cc2)c(Cl)c1C=NNC(=S)NC1CCCCC1. The lowest BCUT2D eigenvalue weighted by molar-refractivity contribution is 0.412. The summed E-state index contributed by atoms with van der Waals surface area (Å²) < 4.78 is 14.7. The summed E-state index contributed by atoms with van der Waals surface area (Å²) in [5.74, 6) is -0.266. The number of thiocarbonyl (C=S) groups is 1. The van der Waals surface area contributed by atoms with Crippen molar-refractivity contribution < 1.29 is 4.39 Å². The summed E-state index contributed by atoms with van der Waals surface area (Å²) in [4.78, 5) is 0. The van der Waals surface area contributed by atoms with Crippen LogP contribution in [0.3, 0.4) is 0 Å². The molecule has 5 nitrogen and oxygen atoms in total. The van der Waals surface area contributed by atoms with Gasteiger partial charge in [-0.3, -0.25) is 5.43 Å². The maximum Gasteiger partial charge on any atom is 0.187 e. The average molecular weight is 408 g/mol. The van der Waals surface area contributed by atoms with Gasteiger partial charge in [0.1, 0.15) is 11.0 Å². The zero-order valence-corrected chi connectivity index (χ0v) is 16.8. The highest BCUT2D eigenvalue weighted by molar-refractivity contribution is 7.80. The molecule has 1 fully saturated rings. The molecule has 1 aliphatic carbocycles. The fourth-order valence-corrected chi connectivity index (χ4v) is 3.70. The number of hydrogen-bond acceptors (Lipinski definition) is 3. The summed E-state index contributed by atoms with van der Waals surface area (Å²) in [7, 11) is 0. The molecule has 0 amide bonds. The summed E-state index contributed by atoms with van der Waals surface area (Å²) in [6, 6.07) is 6.71. The standard InChI is InChI=1S/C19H23ClFN5S/c1-13-17(11-22-24-19(27)23-16-5-3-2-4-6-16)18(20)26(25-13)12-14-7-9-15(21)10-8-14/h7-11,16H,2-6,12H2,1H3,(H2,23,24,27). The first-order valence-corrected chi connectivity index (χ1v) is 9.88. The van der Waals surface area contributed by atoms with Crippen molar-refractivity contribution in [1.29, 1.82) is 0 Å². The minimum Gasteiger partial charge on any atom is -0.359 e. The zero-order valence-electron chi connectivity index (χ0n) is 15.2. The third kappa shape index (κ3) is 5.49. The van der Waals surface area contributed by atoms with E-state index in [0.717, 1.165) is 29.7 Å². The number of aromatic nitrogens is 2.